The fourth-order valence-electron chi connectivity index (χ4n) is 5.64. The minimum atomic E-state index is -1.68. The van der Waals surface area contributed by atoms with Crippen molar-refractivity contribution < 1.29 is 58.2 Å². The smallest absolute Gasteiger partial charge is 0.325 e. The van der Waals surface area contributed by atoms with Crippen LogP contribution in [0.1, 0.15) is 86.5 Å². The number of hydrogen-bond acceptors (Lipinski definition) is 13. The summed E-state index contributed by atoms with van der Waals surface area (Å²) in [5.41, 5.74) is 27.1. The molecule has 0 aromatic heterocycles. The SMILES string of the molecule is CC(C)C[C@H](NC(=O)[C@H](CCCN=C(N)N)NC(=O)[C@H](CC(C)C)NC(=O)[C@H](CCCN=C(N)N)NC(=O)CNC(=O)[C@H](CC(=O)O)NC(=O)CNC(=O)[C@H](C)N)C(=O)N[C@@H](C)C(=O)O. The first-order valence-corrected chi connectivity index (χ1v) is 20.9. The van der Waals surface area contributed by atoms with Crippen molar-refractivity contribution in [3.63, 3.8) is 0 Å². The van der Waals surface area contributed by atoms with Crippen molar-refractivity contribution in [2.45, 2.75) is 129 Å². The first kappa shape index (κ1) is 58.2. The average molecular weight is 928 g/mol. The van der Waals surface area contributed by atoms with Gasteiger partial charge in [-0.3, -0.25) is 57.9 Å². The van der Waals surface area contributed by atoms with Crippen molar-refractivity contribution in [2.24, 2.45) is 50.5 Å². The van der Waals surface area contributed by atoms with Gasteiger partial charge in [-0.15, -0.1) is 0 Å². The van der Waals surface area contributed by atoms with Gasteiger partial charge in [0.15, 0.2) is 11.9 Å². The number of amides is 8. The second-order valence-corrected chi connectivity index (χ2v) is 16.0. The lowest BCUT2D eigenvalue weighted by Crippen LogP contribution is -2.59. The first-order chi connectivity index (χ1) is 30.2. The number of carboxylic acids is 2. The van der Waals surface area contributed by atoms with Crippen molar-refractivity contribution >= 4 is 71.1 Å². The van der Waals surface area contributed by atoms with Crippen molar-refractivity contribution in [1.29, 1.82) is 0 Å². The zero-order chi connectivity index (χ0) is 50.0. The molecule has 0 saturated carbocycles. The summed E-state index contributed by atoms with van der Waals surface area (Å²) in [5.74, 6) is -10.5. The van der Waals surface area contributed by atoms with Crippen LogP contribution in [0.4, 0.5) is 0 Å². The minimum Gasteiger partial charge on any atom is -0.481 e. The molecule has 0 aliphatic heterocycles. The molecule has 0 heterocycles. The predicted molar refractivity (Wildman–Crippen MR) is 236 cm³/mol. The van der Waals surface area contributed by atoms with Gasteiger partial charge in [-0.2, -0.15) is 0 Å². The molecule has 0 radical (unpaired) electrons. The Morgan fingerprint density at radius 1 is 0.492 bits per heavy atom. The Bertz CT molecular complexity index is 1720. The number of carbonyl (C=O) groups is 10. The number of carbonyl (C=O) groups excluding carboxylic acids is 8. The van der Waals surface area contributed by atoms with Crippen LogP contribution in [0.2, 0.25) is 0 Å². The van der Waals surface area contributed by atoms with Crippen LogP contribution in [0.25, 0.3) is 0 Å². The maximum Gasteiger partial charge on any atom is 0.325 e. The normalized spacial score (nSPS) is 14.0. The third-order valence-corrected chi connectivity index (χ3v) is 8.88. The van der Waals surface area contributed by atoms with Crippen LogP contribution in [0.5, 0.6) is 0 Å². The Morgan fingerprint density at radius 3 is 1.25 bits per heavy atom. The Balaban J connectivity index is 6.39. The van der Waals surface area contributed by atoms with Gasteiger partial charge < -0.3 is 81.4 Å². The molecule has 27 heteroatoms. The Morgan fingerprint density at radius 2 is 0.862 bits per heavy atom. The minimum absolute atomic E-state index is 0.0253. The highest BCUT2D eigenvalue weighted by atomic mass is 16.4. The number of nitrogens with one attached hydrogen (secondary N) is 8. The Kier molecular flexibility index (Phi) is 27.1. The van der Waals surface area contributed by atoms with E-state index in [0.717, 1.165) is 0 Å². The molecule has 0 rings (SSSR count). The maximum absolute atomic E-state index is 14.0. The fourth-order valence-corrected chi connectivity index (χ4v) is 5.64. The van der Waals surface area contributed by atoms with Gasteiger partial charge in [0, 0.05) is 13.1 Å². The molecule has 0 aromatic rings. The van der Waals surface area contributed by atoms with Crippen LogP contribution in [-0.2, 0) is 47.9 Å². The van der Waals surface area contributed by atoms with E-state index in [1.807, 2.05) is 0 Å². The van der Waals surface area contributed by atoms with Gasteiger partial charge in [0.2, 0.25) is 47.3 Å². The monoisotopic (exact) mass is 928 g/mol. The molecule has 65 heavy (non-hydrogen) atoms. The first-order valence-electron chi connectivity index (χ1n) is 20.9. The summed E-state index contributed by atoms with van der Waals surface area (Å²) in [7, 11) is 0. The van der Waals surface area contributed by atoms with Crippen molar-refractivity contribution in [2.75, 3.05) is 26.2 Å². The molecule has 0 aliphatic carbocycles. The maximum atomic E-state index is 14.0. The number of guanidine groups is 2. The zero-order valence-corrected chi connectivity index (χ0v) is 37.7. The molecule has 0 aromatic carbocycles. The summed E-state index contributed by atoms with van der Waals surface area (Å²) >= 11 is 0. The second kappa shape index (κ2) is 30.3. The number of nitrogens with zero attached hydrogens (tertiary/aromatic N) is 2. The molecule has 0 unspecified atom stereocenters. The number of aliphatic carboxylic acids is 2. The van der Waals surface area contributed by atoms with Crippen LogP contribution in [0.3, 0.4) is 0 Å². The molecule has 27 nitrogen and oxygen atoms in total. The summed E-state index contributed by atoms with van der Waals surface area (Å²) < 4.78 is 0. The van der Waals surface area contributed by atoms with Gasteiger partial charge in [-0.25, -0.2) is 0 Å². The molecule has 0 saturated heterocycles. The van der Waals surface area contributed by atoms with Gasteiger partial charge in [0.25, 0.3) is 0 Å². The molecule has 0 aliphatic rings. The van der Waals surface area contributed by atoms with Crippen molar-refractivity contribution in [1.82, 2.24) is 42.5 Å². The molecular formula is C38H69N15O12. The molecular weight excluding hydrogens is 859 g/mol. The van der Waals surface area contributed by atoms with E-state index in [4.69, 9.17) is 28.7 Å². The van der Waals surface area contributed by atoms with E-state index in [2.05, 4.69) is 52.5 Å². The molecule has 7 atom stereocenters. The van der Waals surface area contributed by atoms with Crippen LogP contribution in [0, 0.1) is 11.8 Å². The van der Waals surface area contributed by atoms with Crippen LogP contribution in [0.15, 0.2) is 9.98 Å². The number of carboxylic acid groups (broad SMARTS) is 2. The van der Waals surface area contributed by atoms with E-state index >= 15 is 0 Å². The molecule has 20 N–H and O–H groups in total. The van der Waals surface area contributed by atoms with Crippen LogP contribution in [-0.4, -0.2) is 150 Å². The lowest BCUT2D eigenvalue weighted by molar-refractivity contribution is -0.142. The number of nitrogens with two attached hydrogens (primary N) is 5. The van der Waals surface area contributed by atoms with E-state index in [0.29, 0.717) is 0 Å². The second-order valence-electron chi connectivity index (χ2n) is 16.0. The van der Waals surface area contributed by atoms with E-state index < -0.39 is 121 Å². The highest BCUT2D eigenvalue weighted by molar-refractivity contribution is 5.97. The van der Waals surface area contributed by atoms with Gasteiger partial charge in [-0.05, 0) is 64.2 Å². The Hall–Kier alpha value is -6.80. The summed E-state index contributed by atoms with van der Waals surface area (Å²) in [6.07, 6.45) is -0.599. The largest absolute Gasteiger partial charge is 0.481 e. The number of rotatable bonds is 31. The molecule has 0 fully saturated rings. The van der Waals surface area contributed by atoms with E-state index in [9.17, 15) is 58.2 Å². The van der Waals surface area contributed by atoms with E-state index in [1.54, 1.807) is 27.7 Å². The summed E-state index contributed by atoms with van der Waals surface area (Å²) in [4.78, 5) is 135. The lowest BCUT2D eigenvalue weighted by Gasteiger charge is -2.28. The third kappa shape index (κ3) is 26.4. The van der Waals surface area contributed by atoms with Gasteiger partial charge in [-0.1, -0.05) is 27.7 Å². The summed E-state index contributed by atoms with van der Waals surface area (Å²) in [5, 5.41) is 37.8. The van der Waals surface area contributed by atoms with Crippen LogP contribution >= 0.6 is 0 Å². The zero-order valence-electron chi connectivity index (χ0n) is 37.7. The predicted octanol–water partition coefficient (Wildman–Crippen LogP) is -5.75. The third-order valence-electron chi connectivity index (χ3n) is 8.88. The van der Waals surface area contributed by atoms with Gasteiger partial charge in [0.05, 0.1) is 25.6 Å². The van der Waals surface area contributed by atoms with Crippen LogP contribution < -0.4 is 71.2 Å². The fraction of sp³-hybridized carbons (Fsp3) is 0.684. The van der Waals surface area contributed by atoms with E-state index in [-0.39, 0.29) is 75.4 Å². The number of hydrogen-bond donors (Lipinski definition) is 15. The molecule has 8 amide bonds. The van der Waals surface area contributed by atoms with Crippen molar-refractivity contribution in [3.05, 3.63) is 0 Å². The Labute approximate surface area is 376 Å². The average Bonchev–Trinajstić information content (AvgIpc) is 3.19. The highest BCUT2D eigenvalue weighted by Gasteiger charge is 2.33. The van der Waals surface area contributed by atoms with Gasteiger partial charge >= 0.3 is 11.9 Å². The lowest BCUT2D eigenvalue weighted by atomic mass is 10.00. The summed E-state index contributed by atoms with van der Waals surface area (Å²) in [6.45, 7) is 8.35. The van der Waals surface area contributed by atoms with E-state index in [1.165, 1.54) is 13.8 Å². The summed E-state index contributed by atoms with van der Waals surface area (Å²) in [6, 6.07) is -9.09. The molecule has 0 spiro atoms. The van der Waals surface area contributed by atoms with Gasteiger partial charge in [0.1, 0.15) is 36.3 Å². The quantitative estimate of drug-likeness (QED) is 0.0175. The molecule has 0 bridgehead atoms. The standard InChI is InChI=1S/C38H69N15O12/c1-18(2)13-24(34(62)48-21(6)36(64)65)52-33(61)23(10-8-12-45-38(42)43)51-35(63)25(14-19(3)4)53-32(60)22(9-7-11-44-37(40)41)49-27(54)17-47-31(59)26(15-29(56)57)50-28(55)16-46-30(58)20(5)39/h18-26H,7-17,39H2,1-6H3,(H,46,58)(H,47,59)(H,48,62)(H,49,54)(H,50,55)(H,51,63)(H,52,61)(H,53,60)(H,56,57)(H,64,65)(H4,40,41,44)(H4,42,43,45)/t20-,21-,22-,23-,24-,25-,26-/m0/s1. The van der Waals surface area contributed by atoms with Crippen molar-refractivity contribution in [3.8, 4) is 0 Å². The highest BCUT2D eigenvalue weighted by Crippen LogP contribution is 2.11. The molecule has 368 valence electrons. The number of aliphatic imine (C=N–C) groups is 2. The topological polar surface area (TPSA) is 462 Å².